The molecule has 0 bridgehead atoms. The van der Waals surface area contributed by atoms with Crippen molar-refractivity contribution in [1.82, 2.24) is 0 Å². The van der Waals surface area contributed by atoms with Gasteiger partial charge in [-0.05, 0) is 29.8 Å². The Balaban J connectivity index is 2.09. The van der Waals surface area contributed by atoms with Crippen LogP contribution in [0.3, 0.4) is 0 Å². The highest BCUT2D eigenvalue weighted by atomic mass is 35.5. The van der Waals surface area contributed by atoms with E-state index in [0.29, 0.717) is 28.0 Å². The number of carbonyl (C=O) groups excluding carboxylic acids is 1. The Morgan fingerprint density at radius 2 is 1.95 bits per heavy atom. The molecule has 0 radical (unpaired) electrons. The lowest BCUT2D eigenvalue weighted by atomic mass is 10.1. The summed E-state index contributed by atoms with van der Waals surface area (Å²) in [6.07, 6.45) is 0. The number of nitrogens with zero attached hydrogens (tertiary/aromatic N) is 1. The number of halogens is 2. The summed E-state index contributed by atoms with van der Waals surface area (Å²) in [7, 11) is 0. The van der Waals surface area contributed by atoms with Gasteiger partial charge in [0, 0.05) is 5.56 Å². The Hall–Kier alpha value is -2.02. The van der Waals surface area contributed by atoms with E-state index in [1.54, 1.807) is 42.5 Å². The van der Waals surface area contributed by atoms with E-state index in [4.69, 9.17) is 33.2 Å². The van der Waals surface area contributed by atoms with E-state index >= 15 is 0 Å². The van der Waals surface area contributed by atoms with Crippen molar-refractivity contribution in [2.75, 3.05) is 0 Å². The van der Waals surface area contributed by atoms with Crippen molar-refractivity contribution in [3.63, 3.8) is 0 Å². The van der Waals surface area contributed by atoms with Crippen LogP contribution < -0.4 is 4.74 Å². The van der Waals surface area contributed by atoms with Gasteiger partial charge in [0.05, 0.1) is 10.0 Å². The van der Waals surface area contributed by atoms with Crippen LogP contribution in [0.1, 0.15) is 15.9 Å². The average molecular weight is 306 g/mol. The molecule has 0 heterocycles. The van der Waals surface area contributed by atoms with E-state index in [-0.39, 0.29) is 0 Å². The zero-order valence-corrected chi connectivity index (χ0v) is 11.8. The van der Waals surface area contributed by atoms with Crippen LogP contribution in [0.15, 0.2) is 42.5 Å². The Bertz CT molecular complexity index is 693. The van der Waals surface area contributed by atoms with Crippen LogP contribution in [0, 0.1) is 11.3 Å². The van der Waals surface area contributed by atoms with E-state index < -0.39 is 5.78 Å². The summed E-state index contributed by atoms with van der Waals surface area (Å²) in [6.45, 7) is 0.293. The van der Waals surface area contributed by atoms with Crippen LogP contribution >= 0.6 is 23.2 Å². The van der Waals surface area contributed by atoms with Gasteiger partial charge in [0.2, 0.25) is 0 Å². The summed E-state index contributed by atoms with van der Waals surface area (Å²) in [5.74, 6) is -0.0813. The maximum Gasteiger partial charge on any atom is 0.262 e. The maximum absolute atomic E-state index is 11.3. The van der Waals surface area contributed by atoms with Crippen molar-refractivity contribution >= 4 is 29.0 Å². The summed E-state index contributed by atoms with van der Waals surface area (Å²) in [5.41, 5.74) is 1.16. The minimum Gasteiger partial charge on any atom is -0.489 e. The van der Waals surface area contributed by atoms with Crippen molar-refractivity contribution < 1.29 is 9.53 Å². The fourth-order valence-corrected chi connectivity index (χ4v) is 1.91. The maximum atomic E-state index is 11.3. The summed E-state index contributed by atoms with van der Waals surface area (Å²) in [5, 5.41) is 9.52. The molecule has 0 aliphatic carbocycles. The third-order valence-electron chi connectivity index (χ3n) is 2.59. The smallest absolute Gasteiger partial charge is 0.262 e. The first-order valence-electron chi connectivity index (χ1n) is 5.71. The number of ether oxygens (including phenoxy) is 1. The topological polar surface area (TPSA) is 50.1 Å². The van der Waals surface area contributed by atoms with Gasteiger partial charge in [0.15, 0.2) is 0 Å². The minimum absolute atomic E-state index is 0.293. The van der Waals surface area contributed by atoms with Crippen molar-refractivity contribution in [3.8, 4) is 11.8 Å². The molecule has 0 saturated heterocycles. The van der Waals surface area contributed by atoms with Gasteiger partial charge >= 0.3 is 0 Å². The van der Waals surface area contributed by atoms with Crippen molar-refractivity contribution in [1.29, 1.82) is 5.26 Å². The zero-order chi connectivity index (χ0) is 14.5. The first-order chi connectivity index (χ1) is 9.60. The van der Waals surface area contributed by atoms with Crippen LogP contribution in [0.5, 0.6) is 5.75 Å². The lowest BCUT2D eigenvalue weighted by Gasteiger charge is -2.07. The molecule has 0 saturated carbocycles. The fraction of sp³-hybridized carbons (Fsp3) is 0.0667. The highest BCUT2D eigenvalue weighted by Crippen LogP contribution is 2.23. The normalized spacial score (nSPS) is 9.85. The van der Waals surface area contributed by atoms with E-state index in [1.807, 2.05) is 0 Å². The quantitative estimate of drug-likeness (QED) is 0.626. The summed E-state index contributed by atoms with van der Waals surface area (Å²) >= 11 is 11.7. The molecule has 5 heteroatoms. The lowest BCUT2D eigenvalue weighted by molar-refractivity contribution is 0.105. The third kappa shape index (κ3) is 3.51. The molecule has 2 aromatic rings. The second-order valence-electron chi connectivity index (χ2n) is 4.01. The summed E-state index contributed by atoms with van der Waals surface area (Å²) < 4.78 is 5.56. The van der Waals surface area contributed by atoms with Gasteiger partial charge in [-0.25, -0.2) is 0 Å². The Kier molecular flexibility index (Phi) is 4.62. The lowest BCUT2D eigenvalue weighted by Crippen LogP contribution is -1.98. The molecule has 100 valence electrons. The van der Waals surface area contributed by atoms with E-state index in [2.05, 4.69) is 0 Å². The number of carbonyl (C=O) groups is 1. The number of rotatable bonds is 4. The van der Waals surface area contributed by atoms with Gasteiger partial charge in [0.1, 0.15) is 18.4 Å². The third-order valence-corrected chi connectivity index (χ3v) is 3.33. The molecule has 2 rings (SSSR count). The first kappa shape index (κ1) is 14.4. The number of ketones is 1. The first-order valence-corrected chi connectivity index (χ1v) is 6.47. The van der Waals surface area contributed by atoms with Gasteiger partial charge < -0.3 is 4.74 Å². The highest BCUT2D eigenvalue weighted by molar-refractivity contribution is 6.42. The molecular weight excluding hydrogens is 297 g/mol. The van der Waals surface area contributed by atoms with Crippen LogP contribution in [-0.4, -0.2) is 5.78 Å². The number of Topliss-reactive ketones (excluding diaryl/α,β-unsaturated/α-hetero) is 1. The minimum atomic E-state index is -0.593. The fourth-order valence-electron chi connectivity index (χ4n) is 1.59. The molecule has 0 unspecified atom stereocenters. The van der Waals surface area contributed by atoms with Gasteiger partial charge in [-0.1, -0.05) is 41.4 Å². The Morgan fingerprint density at radius 1 is 1.15 bits per heavy atom. The number of benzene rings is 2. The second kappa shape index (κ2) is 6.42. The van der Waals surface area contributed by atoms with Crippen molar-refractivity contribution in [2.45, 2.75) is 6.61 Å². The molecule has 0 amide bonds. The van der Waals surface area contributed by atoms with Crippen LogP contribution in [0.25, 0.3) is 0 Å². The SMILES string of the molecule is N#CC(=O)c1cccc(OCc2ccc(Cl)c(Cl)c2)c1. The zero-order valence-electron chi connectivity index (χ0n) is 10.3. The molecule has 0 fully saturated rings. The molecular formula is C15H9Cl2NO2. The monoisotopic (exact) mass is 305 g/mol. The van der Waals surface area contributed by atoms with Gasteiger partial charge in [-0.2, -0.15) is 5.26 Å². The van der Waals surface area contributed by atoms with E-state index in [0.717, 1.165) is 5.56 Å². The number of hydrogen-bond donors (Lipinski definition) is 0. The second-order valence-corrected chi connectivity index (χ2v) is 4.82. The molecule has 0 N–H and O–H groups in total. The number of hydrogen-bond acceptors (Lipinski definition) is 3. The molecule has 20 heavy (non-hydrogen) atoms. The van der Waals surface area contributed by atoms with Gasteiger partial charge in [-0.15, -0.1) is 0 Å². The van der Waals surface area contributed by atoms with Crippen molar-refractivity contribution in [3.05, 3.63) is 63.6 Å². The summed E-state index contributed by atoms with van der Waals surface area (Å²) in [6, 6.07) is 13.3. The van der Waals surface area contributed by atoms with Crippen LogP contribution in [0.2, 0.25) is 10.0 Å². The predicted molar refractivity (Wildman–Crippen MR) is 77.2 cm³/mol. The number of nitriles is 1. The van der Waals surface area contributed by atoms with E-state index in [9.17, 15) is 4.79 Å². The highest BCUT2D eigenvalue weighted by Gasteiger charge is 2.06. The van der Waals surface area contributed by atoms with Crippen LogP contribution in [0.4, 0.5) is 0 Å². The van der Waals surface area contributed by atoms with Crippen LogP contribution in [-0.2, 0) is 6.61 Å². The summed E-state index contributed by atoms with van der Waals surface area (Å²) in [4.78, 5) is 11.3. The molecule has 0 spiro atoms. The van der Waals surface area contributed by atoms with Gasteiger partial charge in [0.25, 0.3) is 5.78 Å². The predicted octanol–water partition coefficient (Wildman–Crippen LogP) is 4.28. The standard InChI is InChI=1S/C15H9Cl2NO2/c16-13-5-4-10(6-14(13)17)9-20-12-3-1-2-11(7-12)15(19)8-18/h1-7H,9H2. The molecule has 0 aliphatic heterocycles. The molecule has 3 nitrogen and oxygen atoms in total. The molecule has 0 aliphatic rings. The Morgan fingerprint density at radius 3 is 2.65 bits per heavy atom. The molecule has 0 atom stereocenters. The molecule has 0 aromatic heterocycles. The van der Waals surface area contributed by atoms with Crippen molar-refractivity contribution in [2.24, 2.45) is 0 Å². The van der Waals surface area contributed by atoms with E-state index in [1.165, 1.54) is 6.07 Å². The van der Waals surface area contributed by atoms with Gasteiger partial charge in [-0.3, -0.25) is 4.79 Å². The molecule has 2 aromatic carbocycles. The Labute approximate surface area is 126 Å². The largest absolute Gasteiger partial charge is 0.489 e. The average Bonchev–Trinajstić information content (AvgIpc) is 2.48.